The molecule has 0 saturated heterocycles. The Bertz CT molecular complexity index is 894. The van der Waals surface area contributed by atoms with Gasteiger partial charge in [0.1, 0.15) is 5.56 Å². The highest BCUT2D eigenvalue weighted by molar-refractivity contribution is 9.09. The molecule has 2 N–H and O–H groups in total. The summed E-state index contributed by atoms with van der Waals surface area (Å²) in [5.41, 5.74) is -2.24. The molecular weight excluding hydrogens is 492 g/mol. The number of aliphatic hydroxyl groups is 1. The van der Waals surface area contributed by atoms with Crippen LogP contribution in [0.2, 0.25) is 0 Å². The van der Waals surface area contributed by atoms with E-state index >= 15 is 0 Å². The number of nitro groups is 2. The molecule has 1 rings (SSSR count). The molecule has 0 spiro atoms. The predicted octanol–water partition coefficient (Wildman–Crippen LogP) is 0.793. The van der Waals surface area contributed by atoms with E-state index in [1.807, 2.05) is 0 Å². The van der Waals surface area contributed by atoms with E-state index in [1.165, 1.54) is 4.90 Å². The smallest absolute Gasteiger partial charge is 0.312 e. The number of carbonyl (C=O) groups is 1. The number of aliphatic hydroxyl groups excluding tert-OH is 1. The van der Waals surface area contributed by atoms with Gasteiger partial charge in [-0.05, 0) is 12.5 Å². The van der Waals surface area contributed by atoms with E-state index in [-0.39, 0.29) is 38.0 Å². The molecule has 0 unspecified atom stereocenters. The third-order valence-electron chi connectivity index (χ3n) is 3.70. The number of carbonyl (C=O) groups excluding carboxylic acids is 1. The third-order valence-corrected chi connectivity index (χ3v) is 4.65. The molecular formula is C15H21BrN4O9S. The molecule has 0 aliphatic rings. The normalized spacial score (nSPS) is 11.2. The van der Waals surface area contributed by atoms with Gasteiger partial charge in [0.15, 0.2) is 5.69 Å². The van der Waals surface area contributed by atoms with E-state index in [1.54, 1.807) is 0 Å². The van der Waals surface area contributed by atoms with Gasteiger partial charge in [-0.1, -0.05) is 15.9 Å². The first kappa shape index (κ1) is 25.7. The Hall–Kier alpha value is -2.36. The van der Waals surface area contributed by atoms with Crippen molar-refractivity contribution in [2.24, 2.45) is 0 Å². The van der Waals surface area contributed by atoms with E-state index in [9.17, 15) is 33.4 Å². The van der Waals surface area contributed by atoms with E-state index in [0.717, 1.165) is 18.4 Å². The first-order chi connectivity index (χ1) is 14.0. The average Bonchev–Trinajstić information content (AvgIpc) is 2.65. The Balaban J connectivity index is 3.51. The molecule has 168 valence electrons. The number of nitrogens with one attached hydrogen (secondary N) is 1. The van der Waals surface area contributed by atoms with Crippen LogP contribution in [0.4, 0.5) is 17.1 Å². The van der Waals surface area contributed by atoms with Crippen LogP contribution >= 0.6 is 15.9 Å². The van der Waals surface area contributed by atoms with Crippen LogP contribution in [0.5, 0.6) is 0 Å². The fraction of sp³-hybridized carbons (Fsp3) is 0.533. The van der Waals surface area contributed by atoms with Crippen LogP contribution in [0.15, 0.2) is 12.1 Å². The number of halogens is 1. The van der Waals surface area contributed by atoms with Gasteiger partial charge in [-0.2, -0.15) is 8.42 Å². The van der Waals surface area contributed by atoms with Crippen LogP contribution in [-0.4, -0.2) is 73.7 Å². The minimum absolute atomic E-state index is 0.0321. The van der Waals surface area contributed by atoms with E-state index in [0.29, 0.717) is 0 Å². The lowest BCUT2D eigenvalue weighted by Gasteiger charge is -2.23. The molecule has 0 aliphatic carbocycles. The zero-order chi connectivity index (χ0) is 22.9. The largest absolute Gasteiger partial charge is 0.396 e. The Kier molecular flexibility index (Phi) is 10.0. The minimum atomic E-state index is -3.79. The molecule has 0 bridgehead atoms. The van der Waals surface area contributed by atoms with Gasteiger partial charge in [0.05, 0.1) is 22.7 Å². The van der Waals surface area contributed by atoms with Crippen LogP contribution in [-0.2, 0) is 14.3 Å². The zero-order valence-corrected chi connectivity index (χ0v) is 18.3. The molecule has 0 heterocycles. The number of amides is 1. The molecule has 0 saturated carbocycles. The molecule has 0 aromatic heterocycles. The monoisotopic (exact) mass is 512 g/mol. The Morgan fingerprint density at radius 3 is 2.43 bits per heavy atom. The van der Waals surface area contributed by atoms with Crippen molar-refractivity contribution in [3.8, 4) is 0 Å². The van der Waals surface area contributed by atoms with Crippen molar-refractivity contribution in [1.82, 2.24) is 5.32 Å². The van der Waals surface area contributed by atoms with Crippen LogP contribution in [0.25, 0.3) is 0 Å². The molecule has 15 heteroatoms. The average molecular weight is 513 g/mol. The van der Waals surface area contributed by atoms with Gasteiger partial charge in [-0.3, -0.25) is 29.2 Å². The number of anilines is 1. The quantitative estimate of drug-likeness (QED) is 0.126. The molecule has 1 aromatic carbocycles. The second-order valence-corrected chi connectivity index (χ2v) is 8.32. The lowest BCUT2D eigenvalue weighted by atomic mass is 10.1. The number of alkyl halides is 1. The van der Waals surface area contributed by atoms with Crippen LogP contribution in [0.1, 0.15) is 16.8 Å². The number of hydrogen-bond donors (Lipinski definition) is 2. The van der Waals surface area contributed by atoms with Crippen molar-refractivity contribution >= 4 is 49.0 Å². The second-order valence-electron chi connectivity index (χ2n) is 5.88. The van der Waals surface area contributed by atoms with Gasteiger partial charge in [-0.25, -0.2) is 0 Å². The van der Waals surface area contributed by atoms with Gasteiger partial charge in [0, 0.05) is 37.6 Å². The van der Waals surface area contributed by atoms with E-state index in [4.69, 9.17) is 5.11 Å². The summed E-state index contributed by atoms with van der Waals surface area (Å²) in [6.07, 6.45) is 1.04. The fourth-order valence-corrected chi connectivity index (χ4v) is 3.31. The lowest BCUT2D eigenvalue weighted by Crippen LogP contribution is -2.32. The van der Waals surface area contributed by atoms with Gasteiger partial charge in [0.2, 0.25) is 0 Å². The highest BCUT2D eigenvalue weighted by Gasteiger charge is 2.35. The SMILES string of the molecule is CS(=O)(=O)OCCN(CCBr)c1c([N+](=O)[O-])ccc(C(=O)NCCCO)c1[N+](=O)[O-]. The van der Waals surface area contributed by atoms with Gasteiger partial charge in [-0.15, -0.1) is 0 Å². The third kappa shape index (κ3) is 7.47. The van der Waals surface area contributed by atoms with E-state index in [2.05, 4.69) is 25.4 Å². The Morgan fingerprint density at radius 1 is 1.27 bits per heavy atom. The second kappa shape index (κ2) is 11.7. The zero-order valence-electron chi connectivity index (χ0n) is 15.9. The summed E-state index contributed by atoms with van der Waals surface area (Å²) < 4.78 is 27.0. The number of benzene rings is 1. The summed E-state index contributed by atoms with van der Waals surface area (Å²) in [5.74, 6) is -0.836. The van der Waals surface area contributed by atoms with Crippen molar-refractivity contribution in [3.63, 3.8) is 0 Å². The summed E-state index contributed by atoms with van der Waals surface area (Å²) in [5, 5.41) is 34.8. The predicted molar refractivity (Wildman–Crippen MR) is 111 cm³/mol. The van der Waals surface area contributed by atoms with Crippen LogP contribution in [0.3, 0.4) is 0 Å². The fourth-order valence-electron chi connectivity index (χ4n) is 2.51. The molecule has 0 fully saturated rings. The summed E-state index contributed by atoms with van der Waals surface area (Å²) >= 11 is 3.15. The minimum Gasteiger partial charge on any atom is -0.396 e. The molecule has 0 aliphatic heterocycles. The summed E-state index contributed by atoms with van der Waals surface area (Å²) in [4.78, 5) is 35.2. The first-order valence-corrected chi connectivity index (χ1v) is 11.5. The van der Waals surface area contributed by atoms with Crippen LogP contribution < -0.4 is 10.2 Å². The number of hydrogen-bond acceptors (Lipinski definition) is 10. The Morgan fingerprint density at radius 2 is 1.93 bits per heavy atom. The molecule has 1 aromatic rings. The summed E-state index contributed by atoms with van der Waals surface area (Å²) in [6.45, 7) is -0.757. The highest BCUT2D eigenvalue weighted by atomic mass is 79.9. The number of rotatable bonds is 13. The molecule has 0 radical (unpaired) electrons. The summed E-state index contributed by atoms with van der Waals surface area (Å²) in [7, 11) is -3.79. The van der Waals surface area contributed by atoms with Crippen molar-refractivity contribution in [3.05, 3.63) is 37.9 Å². The Labute approximate surface area is 180 Å². The van der Waals surface area contributed by atoms with Crippen molar-refractivity contribution in [2.75, 3.05) is 49.3 Å². The van der Waals surface area contributed by atoms with Crippen molar-refractivity contribution < 1.29 is 32.3 Å². The molecule has 30 heavy (non-hydrogen) atoms. The van der Waals surface area contributed by atoms with Crippen molar-refractivity contribution in [1.29, 1.82) is 0 Å². The van der Waals surface area contributed by atoms with Gasteiger partial charge < -0.3 is 15.3 Å². The maximum Gasteiger partial charge on any atom is 0.312 e. The summed E-state index contributed by atoms with van der Waals surface area (Å²) in [6, 6.07) is 1.95. The maximum atomic E-state index is 12.4. The van der Waals surface area contributed by atoms with Crippen molar-refractivity contribution in [2.45, 2.75) is 6.42 Å². The van der Waals surface area contributed by atoms with Gasteiger partial charge >= 0.3 is 5.69 Å². The standard InChI is InChI=1S/C15H21BrN4O9S/c1-30(27,28)29-10-8-18(7-5-16)14-12(19(23)24)4-3-11(13(14)20(25)26)15(22)17-6-2-9-21/h3-4,21H,2,5-10H2,1H3,(H,17,22). The lowest BCUT2D eigenvalue weighted by molar-refractivity contribution is -0.392. The molecule has 0 atom stereocenters. The topological polar surface area (TPSA) is 182 Å². The number of nitro benzene ring substituents is 2. The van der Waals surface area contributed by atoms with Crippen LogP contribution in [0, 0.1) is 20.2 Å². The first-order valence-electron chi connectivity index (χ1n) is 8.53. The highest BCUT2D eigenvalue weighted by Crippen LogP contribution is 2.40. The maximum absolute atomic E-state index is 12.4. The number of nitrogens with zero attached hydrogens (tertiary/aromatic N) is 3. The van der Waals surface area contributed by atoms with Gasteiger partial charge in [0.25, 0.3) is 21.7 Å². The molecule has 1 amide bonds. The molecule has 13 nitrogen and oxygen atoms in total. The van der Waals surface area contributed by atoms with E-state index < -0.39 is 55.1 Å².